The van der Waals surface area contributed by atoms with Crippen LogP contribution in [0.15, 0.2) is 30.5 Å². The van der Waals surface area contributed by atoms with Crippen LogP contribution < -0.4 is 5.32 Å². The number of hydrogen-bond acceptors (Lipinski definition) is 5. The van der Waals surface area contributed by atoms with Gasteiger partial charge >= 0.3 is 12.1 Å². The zero-order valence-electron chi connectivity index (χ0n) is 15.3. The summed E-state index contributed by atoms with van der Waals surface area (Å²) in [5, 5.41) is 12.0. The van der Waals surface area contributed by atoms with Crippen molar-refractivity contribution in [2.75, 3.05) is 13.7 Å². The lowest BCUT2D eigenvalue weighted by molar-refractivity contribution is 0.0601. The molecule has 0 aliphatic heterocycles. The number of esters is 1. The van der Waals surface area contributed by atoms with Gasteiger partial charge in [-0.05, 0) is 31.5 Å². The molecule has 0 radical (unpaired) electrons. The predicted molar refractivity (Wildman–Crippen MR) is 101 cm³/mol. The molecule has 0 saturated heterocycles. The molecule has 1 N–H and O–H groups in total. The van der Waals surface area contributed by atoms with Gasteiger partial charge in [0.05, 0.1) is 30.4 Å². The van der Waals surface area contributed by atoms with Crippen LogP contribution in [-0.4, -0.2) is 36.4 Å². The Balaban J connectivity index is 2.30. The fourth-order valence-electron chi connectivity index (χ4n) is 2.51. The normalized spacial score (nSPS) is 10.4. The first kappa shape index (κ1) is 20.3. The van der Waals surface area contributed by atoms with E-state index < -0.39 is 12.1 Å². The minimum absolute atomic E-state index is 0.217. The summed E-state index contributed by atoms with van der Waals surface area (Å²) in [7, 11) is 1.28. The Morgan fingerprint density at radius 2 is 2.11 bits per heavy atom. The Morgan fingerprint density at radius 1 is 1.37 bits per heavy atom. The molecule has 0 saturated carbocycles. The number of hydrogen-bond donors (Lipinski definition) is 1. The fourth-order valence-corrected chi connectivity index (χ4v) is 2.86. The van der Waals surface area contributed by atoms with Crippen LogP contribution in [0.2, 0.25) is 5.15 Å². The van der Waals surface area contributed by atoms with Crippen molar-refractivity contribution < 1.29 is 19.1 Å². The highest BCUT2D eigenvalue weighted by atomic mass is 35.5. The Bertz CT molecular complexity index is 884. The van der Waals surface area contributed by atoms with Crippen LogP contribution >= 0.6 is 11.6 Å². The van der Waals surface area contributed by atoms with Gasteiger partial charge in [-0.1, -0.05) is 23.7 Å². The Hall–Kier alpha value is -2.98. The molecular weight excluding hydrogens is 370 g/mol. The summed E-state index contributed by atoms with van der Waals surface area (Å²) in [6.07, 6.45) is 0.825. The molecule has 0 bridgehead atoms. The number of carbonyl (C=O) groups is 2. The highest BCUT2D eigenvalue weighted by molar-refractivity contribution is 6.33. The fraction of sp³-hybridized carbons (Fsp3) is 0.316. The van der Waals surface area contributed by atoms with E-state index in [1.165, 1.54) is 7.11 Å². The maximum Gasteiger partial charge on any atom is 0.407 e. The molecule has 1 aromatic carbocycles. The molecule has 142 valence electrons. The average molecular weight is 390 g/mol. The zero-order chi connectivity index (χ0) is 20.0. The number of halogens is 1. The lowest BCUT2D eigenvalue weighted by Crippen LogP contribution is -2.29. The van der Waals surface area contributed by atoms with Crippen molar-refractivity contribution in [3.63, 3.8) is 0 Å². The quantitative estimate of drug-likeness (QED) is 0.762. The highest BCUT2D eigenvalue weighted by Crippen LogP contribution is 2.34. The summed E-state index contributed by atoms with van der Waals surface area (Å²) in [5.41, 5.74) is 1.84. The second kappa shape index (κ2) is 9.10. The molecule has 0 atom stereocenters. The van der Waals surface area contributed by atoms with Crippen LogP contribution in [0.1, 0.15) is 29.8 Å². The van der Waals surface area contributed by atoms with E-state index >= 15 is 0 Å². The number of rotatable bonds is 6. The SMILES string of the molecule is COC(=O)c1cn(CCNC(=O)OC(C)C)c(Cl)c1-c1cccc(C#N)c1. The van der Waals surface area contributed by atoms with Gasteiger partial charge in [0.2, 0.25) is 0 Å². The molecule has 7 nitrogen and oxygen atoms in total. The van der Waals surface area contributed by atoms with E-state index in [4.69, 9.17) is 26.3 Å². The third-order valence-corrected chi connectivity index (χ3v) is 4.07. The van der Waals surface area contributed by atoms with Crippen molar-refractivity contribution >= 4 is 23.7 Å². The first-order chi connectivity index (χ1) is 12.9. The molecule has 1 aromatic heterocycles. The number of methoxy groups -OCH3 is 1. The first-order valence-corrected chi connectivity index (χ1v) is 8.67. The molecule has 1 heterocycles. The molecule has 0 spiro atoms. The summed E-state index contributed by atoms with van der Waals surface area (Å²) in [4.78, 5) is 23.7. The van der Waals surface area contributed by atoms with Gasteiger partial charge in [0.25, 0.3) is 0 Å². The predicted octanol–water partition coefficient (Wildman–Crippen LogP) is 3.60. The summed E-state index contributed by atoms with van der Waals surface area (Å²) in [6.45, 7) is 4.10. The summed E-state index contributed by atoms with van der Waals surface area (Å²) < 4.78 is 11.5. The minimum atomic E-state index is -0.541. The lowest BCUT2D eigenvalue weighted by Gasteiger charge is -2.10. The summed E-state index contributed by atoms with van der Waals surface area (Å²) in [5.74, 6) is -0.541. The molecule has 27 heavy (non-hydrogen) atoms. The average Bonchev–Trinajstić information content (AvgIpc) is 2.97. The third kappa shape index (κ3) is 5.02. The number of benzene rings is 1. The number of nitriles is 1. The van der Waals surface area contributed by atoms with Gasteiger partial charge in [-0.3, -0.25) is 0 Å². The molecule has 0 aliphatic rings. The molecular formula is C19H20ClN3O4. The van der Waals surface area contributed by atoms with Gasteiger partial charge in [0, 0.05) is 24.8 Å². The molecule has 0 fully saturated rings. The Kier molecular flexibility index (Phi) is 6.85. The Morgan fingerprint density at radius 3 is 2.74 bits per heavy atom. The highest BCUT2D eigenvalue weighted by Gasteiger charge is 2.22. The van der Waals surface area contributed by atoms with E-state index in [9.17, 15) is 9.59 Å². The van der Waals surface area contributed by atoms with Gasteiger partial charge in [0.15, 0.2) is 0 Å². The van der Waals surface area contributed by atoms with Crippen molar-refractivity contribution in [2.45, 2.75) is 26.5 Å². The van der Waals surface area contributed by atoms with Crippen LogP contribution in [0.25, 0.3) is 11.1 Å². The topological polar surface area (TPSA) is 93.3 Å². The molecule has 0 unspecified atom stereocenters. The van der Waals surface area contributed by atoms with Crippen molar-refractivity contribution in [2.24, 2.45) is 0 Å². The van der Waals surface area contributed by atoms with Gasteiger partial charge in [-0.15, -0.1) is 0 Å². The smallest absolute Gasteiger partial charge is 0.407 e. The third-order valence-electron chi connectivity index (χ3n) is 3.66. The molecule has 8 heteroatoms. The van der Waals surface area contributed by atoms with Crippen molar-refractivity contribution in [3.05, 3.63) is 46.7 Å². The lowest BCUT2D eigenvalue weighted by atomic mass is 10.0. The van der Waals surface area contributed by atoms with Crippen LogP contribution in [0, 0.1) is 11.3 Å². The van der Waals surface area contributed by atoms with Gasteiger partial charge in [0.1, 0.15) is 5.15 Å². The number of amides is 1. The number of aromatic nitrogens is 1. The second-order valence-corrected chi connectivity index (χ2v) is 6.33. The standard InChI is InChI=1S/C19H20ClN3O4/c1-12(2)27-19(25)22-7-8-23-11-15(18(24)26-3)16(17(23)20)14-6-4-5-13(9-14)10-21/h4-6,9,11-12H,7-8H2,1-3H3,(H,22,25). The van der Waals surface area contributed by atoms with Crippen LogP contribution in [0.3, 0.4) is 0 Å². The largest absolute Gasteiger partial charge is 0.465 e. The minimum Gasteiger partial charge on any atom is -0.465 e. The van der Waals surface area contributed by atoms with Crippen molar-refractivity contribution in [1.82, 2.24) is 9.88 Å². The number of alkyl carbamates (subject to hydrolysis) is 1. The van der Waals surface area contributed by atoms with Gasteiger partial charge < -0.3 is 19.4 Å². The van der Waals surface area contributed by atoms with Gasteiger partial charge in [-0.25, -0.2) is 9.59 Å². The number of ether oxygens (including phenoxy) is 2. The maximum absolute atomic E-state index is 12.2. The monoisotopic (exact) mass is 389 g/mol. The number of nitrogens with one attached hydrogen (secondary N) is 1. The zero-order valence-corrected chi connectivity index (χ0v) is 16.0. The van der Waals surface area contributed by atoms with Crippen LogP contribution in [0.4, 0.5) is 4.79 Å². The summed E-state index contributed by atoms with van der Waals surface area (Å²) >= 11 is 6.49. The maximum atomic E-state index is 12.2. The van der Waals surface area contributed by atoms with Crippen molar-refractivity contribution in [3.8, 4) is 17.2 Å². The van der Waals surface area contributed by atoms with Crippen LogP contribution in [0.5, 0.6) is 0 Å². The molecule has 2 rings (SSSR count). The number of carbonyl (C=O) groups excluding carboxylic acids is 2. The van der Waals surface area contributed by atoms with Gasteiger partial charge in [-0.2, -0.15) is 5.26 Å². The van der Waals surface area contributed by atoms with Crippen molar-refractivity contribution in [1.29, 1.82) is 5.26 Å². The van der Waals surface area contributed by atoms with E-state index in [0.717, 1.165) is 0 Å². The van der Waals surface area contributed by atoms with E-state index in [2.05, 4.69) is 11.4 Å². The van der Waals surface area contributed by atoms with E-state index in [-0.39, 0.29) is 18.2 Å². The summed E-state index contributed by atoms with van der Waals surface area (Å²) in [6, 6.07) is 8.85. The molecule has 0 aliphatic carbocycles. The van der Waals surface area contributed by atoms with E-state index in [1.54, 1.807) is 48.9 Å². The second-order valence-electron chi connectivity index (χ2n) is 5.97. The number of nitrogens with zero attached hydrogens (tertiary/aromatic N) is 2. The van der Waals surface area contributed by atoms with E-state index in [1.807, 2.05) is 0 Å². The Labute approximate surface area is 162 Å². The molecule has 2 aromatic rings. The molecule has 1 amide bonds. The first-order valence-electron chi connectivity index (χ1n) is 8.29. The van der Waals surface area contributed by atoms with E-state index in [0.29, 0.717) is 28.4 Å². The van der Waals surface area contributed by atoms with Crippen LogP contribution in [-0.2, 0) is 16.0 Å².